The van der Waals surface area contributed by atoms with Crippen LogP contribution >= 0.6 is 0 Å². The van der Waals surface area contributed by atoms with E-state index in [0.29, 0.717) is 37.6 Å². The molecule has 31 heavy (non-hydrogen) atoms. The van der Waals surface area contributed by atoms with Gasteiger partial charge in [0.25, 0.3) is 0 Å². The zero-order chi connectivity index (χ0) is 21.8. The summed E-state index contributed by atoms with van der Waals surface area (Å²) in [5, 5.41) is 7.33. The molecule has 2 aliphatic rings. The number of anilines is 1. The number of hydrogen-bond acceptors (Lipinski definition) is 5. The normalized spacial score (nSPS) is 17.3. The Labute approximate surface area is 183 Å². The first-order valence-electron chi connectivity index (χ1n) is 11.2. The fraction of sp³-hybridized carbons (Fsp3) is 0.565. The van der Waals surface area contributed by atoms with Gasteiger partial charge in [0.2, 0.25) is 17.7 Å². The third-order valence-electron chi connectivity index (χ3n) is 6.20. The number of aromatic nitrogens is 3. The van der Waals surface area contributed by atoms with Crippen molar-refractivity contribution in [3.8, 4) is 5.88 Å². The Bertz CT molecular complexity index is 912. The summed E-state index contributed by atoms with van der Waals surface area (Å²) in [5.41, 5.74) is 2.76. The Balaban J connectivity index is 1.19. The van der Waals surface area contributed by atoms with Gasteiger partial charge in [0, 0.05) is 56.6 Å². The minimum absolute atomic E-state index is 0.0444. The molecule has 2 aromatic rings. The van der Waals surface area contributed by atoms with Crippen LogP contribution in [0.4, 0.5) is 5.69 Å². The van der Waals surface area contributed by atoms with E-state index in [4.69, 9.17) is 4.74 Å². The first-order valence-corrected chi connectivity index (χ1v) is 11.2. The van der Waals surface area contributed by atoms with Crippen LogP contribution in [0.1, 0.15) is 49.9 Å². The van der Waals surface area contributed by atoms with E-state index in [2.05, 4.69) is 15.4 Å². The number of aryl methyl sites for hydroxylation is 3. The number of nitrogens with zero attached hydrogens (tertiary/aromatic N) is 4. The molecule has 0 unspecified atom stereocenters. The lowest BCUT2D eigenvalue weighted by Gasteiger charge is -2.32. The highest BCUT2D eigenvalue weighted by molar-refractivity contribution is 5.92. The summed E-state index contributed by atoms with van der Waals surface area (Å²) >= 11 is 0. The van der Waals surface area contributed by atoms with Crippen LogP contribution in [-0.4, -0.2) is 50.7 Å². The molecule has 4 rings (SSSR count). The summed E-state index contributed by atoms with van der Waals surface area (Å²) in [6.45, 7) is 5.97. The van der Waals surface area contributed by atoms with Crippen molar-refractivity contribution in [2.24, 2.45) is 5.92 Å². The van der Waals surface area contributed by atoms with Gasteiger partial charge < -0.3 is 15.0 Å². The van der Waals surface area contributed by atoms with E-state index in [1.165, 1.54) is 0 Å². The smallest absolute Gasteiger partial charge is 0.227 e. The van der Waals surface area contributed by atoms with Gasteiger partial charge in [0.05, 0.1) is 17.6 Å². The quantitative estimate of drug-likeness (QED) is 0.736. The van der Waals surface area contributed by atoms with Crippen molar-refractivity contribution < 1.29 is 14.3 Å². The predicted molar refractivity (Wildman–Crippen MR) is 117 cm³/mol. The molecular formula is C23H31N5O3. The molecule has 166 valence electrons. The van der Waals surface area contributed by atoms with Crippen LogP contribution < -0.4 is 10.1 Å². The second kappa shape index (κ2) is 9.49. The van der Waals surface area contributed by atoms with Gasteiger partial charge in [-0.3, -0.25) is 14.3 Å². The molecule has 0 aromatic carbocycles. The van der Waals surface area contributed by atoms with Gasteiger partial charge in [-0.2, -0.15) is 5.10 Å². The Morgan fingerprint density at radius 3 is 2.52 bits per heavy atom. The molecule has 0 spiro atoms. The minimum Gasteiger partial charge on any atom is -0.474 e. The number of rotatable bonds is 7. The van der Waals surface area contributed by atoms with E-state index in [1.54, 1.807) is 12.3 Å². The fourth-order valence-electron chi connectivity index (χ4n) is 4.09. The zero-order valence-corrected chi connectivity index (χ0v) is 18.3. The number of carbonyl (C=O) groups is 2. The number of carbonyl (C=O) groups excluding carboxylic acids is 2. The molecule has 1 aliphatic heterocycles. The molecule has 1 saturated heterocycles. The lowest BCUT2D eigenvalue weighted by atomic mass is 9.85. The summed E-state index contributed by atoms with van der Waals surface area (Å²) in [4.78, 5) is 30.8. The predicted octanol–water partition coefficient (Wildman–Crippen LogP) is 3.09. The molecule has 1 saturated carbocycles. The number of piperidine rings is 1. The molecule has 2 amide bonds. The molecule has 0 radical (unpaired) electrons. The molecule has 3 heterocycles. The molecule has 1 aliphatic carbocycles. The fourth-order valence-corrected chi connectivity index (χ4v) is 4.09. The number of amides is 2. The maximum Gasteiger partial charge on any atom is 0.227 e. The van der Waals surface area contributed by atoms with Crippen LogP contribution in [-0.2, 0) is 16.1 Å². The molecule has 0 atom stereocenters. The lowest BCUT2D eigenvalue weighted by molar-refractivity contribution is -0.133. The van der Waals surface area contributed by atoms with Gasteiger partial charge in [-0.1, -0.05) is 6.42 Å². The molecular weight excluding hydrogens is 394 g/mol. The van der Waals surface area contributed by atoms with E-state index >= 15 is 0 Å². The second-order valence-electron chi connectivity index (χ2n) is 8.60. The Morgan fingerprint density at radius 1 is 1.16 bits per heavy atom. The van der Waals surface area contributed by atoms with Crippen molar-refractivity contribution in [2.75, 3.05) is 18.4 Å². The highest BCUT2D eigenvalue weighted by atomic mass is 16.5. The summed E-state index contributed by atoms with van der Waals surface area (Å²) < 4.78 is 7.89. The van der Waals surface area contributed by atoms with E-state index in [-0.39, 0.29) is 23.8 Å². The van der Waals surface area contributed by atoms with Crippen LogP contribution in [0.15, 0.2) is 24.4 Å². The molecule has 1 N–H and O–H groups in total. The molecule has 2 fully saturated rings. The van der Waals surface area contributed by atoms with Crippen molar-refractivity contribution in [3.63, 3.8) is 0 Å². The Kier molecular flexibility index (Phi) is 6.53. The van der Waals surface area contributed by atoms with E-state index in [9.17, 15) is 9.59 Å². The Hall–Kier alpha value is -2.90. The first kappa shape index (κ1) is 21.3. The summed E-state index contributed by atoms with van der Waals surface area (Å²) in [7, 11) is 0. The standard InChI is InChI=1S/C23H31N5O3/c1-16-14-17(2)28(26-16)13-10-22(29)27-11-8-20(9-12-27)31-21-7-6-19(15-24-21)25-23(30)18-4-3-5-18/h6-7,14-15,18,20H,3-5,8-13H2,1-2H3,(H,25,30). The van der Waals surface area contributed by atoms with Gasteiger partial charge in [-0.15, -0.1) is 0 Å². The molecule has 2 aromatic heterocycles. The first-order chi connectivity index (χ1) is 15.0. The van der Waals surface area contributed by atoms with Crippen LogP contribution in [0.3, 0.4) is 0 Å². The van der Waals surface area contributed by atoms with E-state index in [1.807, 2.05) is 35.6 Å². The third kappa shape index (κ3) is 5.42. The van der Waals surface area contributed by atoms with Gasteiger partial charge >= 0.3 is 0 Å². The molecule has 8 heteroatoms. The number of likely N-dealkylation sites (tertiary alicyclic amines) is 1. The SMILES string of the molecule is Cc1cc(C)n(CCC(=O)N2CCC(Oc3ccc(NC(=O)C4CCC4)cn3)CC2)n1. The monoisotopic (exact) mass is 425 g/mol. The number of pyridine rings is 1. The van der Waals surface area contributed by atoms with Crippen molar-refractivity contribution in [1.29, 1.82) is 0 Å². The van der Waals surface area contributed by atoms with Crippen LogP contribution in [0, 0.1) is 19.8 Å². The van der Waals surface area contributed by atoms with Gasteiger partial charge in [-0.05, 0) is 38.8 Å². The largest absolute Gasteiger partial charge is 0.474 e. The molecule has 0 bridgehead atoms. The van der Waals surface area contributed by atoms with E-state index < -0.39 is 0 Å². The van der Waals surface area contributed by atoms with E-state index in [0.717, 1.165) is 43.5 Å². The van der Waals surface area contributed by atoms with Crippen LogP contribution in [0.2, 0.25) is 0 Å². The van der Waals surface area contributed by atoms with Gasteiger partial charge in [0.1, 0.15) is 6.10 Å². The Morgan fingerprint density at radius 2 is 1.94 bits per heavy atom. The average Bonchev–Trinajstić information content (AvgIpc) is 3.04. The minimum atomic E-state index is 0.0444. The lowest BCUT2D eigenvalue weighted by Crippen LogP contribution is -2.42. The average molecular weight is 426 g/mol. The number of ether oxygens (including phenoxy) is 1. The zero-order valence-electron chi connectivity index (χ0n) is 18.3. The maximum atomic E-state index is 12.6. The highest BCUT2D eigenvalue weighted by Crippen LogP contribution is 2.27. The van der Waals surface area contributed by atoms with Crippen molar-refractivity contribution in [3.05, 3.63) is 35.8 Å². The number of nitrogens with one attached hydrogen (secondary N) is 1. The third-order valence-corrected chi connectivity index (χ3v) is 6.20. The summed E-state index contributed by atoms with van der Waals surface area (Å²) in [6.07, 6.45) is 6.81. The van der Waals surface area contributed by atoms with Gasteiger partial charge in [0.15, 0.2) is 0 Å². The number of hydrogen-bond donors (Lipinski definition) is 1. The second-order valence-corrected chi connectivity index (χ2v) is 8.60. The van der Waals surface area contributed by atoms with Crippen molar-refractivity contribution in [1.82, 2.24) is 19.7 Å². The van der Waals surface area contributed by atoms with Crippen molar-refractivity contribution in [2.45, 2.75) is 65.0 Å². The highest BCUT2D eigenvalue weighted by Gasteiger charge is 2.26. The summed E-state index contributed by atoms with van der Waals surface area (Å²) in [5.74, 6) is 0.944. The van der Waals surface area contributed by atoms with Gasteiger partial charge in [-0.25, -0.2) is 4.98 Å². The maximum absolute atomic E-state index is 12.6. The molecule has 8 nitrogen and oxygen atoms in total. The van der Waals surface area contributed by atoms with Crippen molar-refractivity contribution >= 4 is 17.5 Å². The topological polar surface area (TPSA) is 89.4 Å². The van der Waals surface area contributed by atoms with Crippen LogP contribution in [0.5, 0.6) is 5.88 Å². The summed E-state index contributed by atoms with van der Waals surface area (Å²) in [6, 6.07) is 5.65. The van der Waals surface area contributed by atoms with Crippen LogP contribution in [0.25, 0.3) is 0 Å².